The summed E-state index contributed by atoms with van der Waals surface area (Å²) < 4.78 is 10.5. The molecule has 0 spiro atoms. The Morgan fingerprint density at radius 1 is 1.23 bits per heavy atom. The van der Waals surface area contributed by atoms with Gasteiger partial charge in [0.2, 0.25) is 0 Å². The van der Waals surface area contributed by atoms with Crippen LogP contribution in [0.25, 0.3) is 10.9 Å². The summed E-state index contributed by atoms with van der Waals surface area (Å²) >= 11 is 0. The second-order valence-electron chi connectivity index (χ2n) is 8.83. The summed E-state index contributed by atoms with van der Waals surface area (Å²) in [5.74, 6) is 0.189. The van der Waals surface area contributed by atoms with Crippen molar-refractivity contribution in [3.8, 4) is 0 Å². The average Bonchev–Trinajstić information content (AvgIpc) is 3.08. The van der Waals surface area contributed by atoms with Gasteiger partial charge in [0.15, 0.2) is 0 Å². The minimum Gasteiger partial charge on any atom is -0.456 e. The van der Waals surface area contributed by atoms with Crippen LogP contribution in [0.15, 0.2) is 41.2 Å². The number of anilines is 1. The molecule has 0 saturated heterocycles. The van der Waals surface area contributed by atoms with Crippen molar-refractivity contribution in [3.05, 3.63) is 69.3 Å². The summed E-state index contributed by atoms with van der Waals surface area (Å²) in [6, 6.07) is 11.3. The Balaban J connectivity index is 1.55. The quantitative estimate of drug-likeness (QED) is 0.602. The highest BCUT2D eigenvalue weighted by atomic mass is 16.6. The van der Waals surface area contributed by atoms with Crippen molar-refractivity contribution in [2.75, 3.05) is 12.4 Å². The molecule has 3 aromatic rings. The standard InChI is InChI=1S/C24H27N3O4/c1-24(2,3)31-23(29)14-5-8-16(9-6-14)25-19-10-7-15-11-20-18(12-17(15)19)22(28)27-21(26-20)13-30-4/h5-6,8-9,11-12,19,25H,7,10,13H2,1-4H3,(H,26,27,28). The zero-order valence-electron chi connectivity index (χ0n) is 18.2. The van der Waals surface area contributed by atoms with Gasteiger partial charge in [-0.15, -0.1) is 0 Å². The molecule has 0 amide bonds. The van der Waals surface area contributed by atoms with Gasteiger partial charge in [-0.05, 0) is 81.1 Å². The zero-order valence-corrected chi connectivity index (χ0v) is 18.2. The number of carbonyl (C=O) groups excluding carboxylic acids is 1. The van der Waals surface area contributed by atoms with E-state index in [9.17, 15) is 9.59 Å². The van der Waals surface area contributed by atoms with Crippen LogP contribution >= 0.6 is 0 Å². The highest BCUT2D eigenvalue weighted by Gasteiger charge is 2.24. The lowest BCUT2D eigenvalue weighted by atomic mass is 10.0. The molecule has 7 heteroatoms. The van der Waals surface area contributed by atoms with Gasteiger partial charge >= 0.3 is 5.97 Å². The molecule has 31 heavy (non-hydrogen) atoms. The van der Waals surface area contributed by atoms with Gasteiger partial charge in [0, 0.05) is 12.8 Å². The van der Waals surface area contributed by atoms with Crippen molar-refractivity contribution < 1.29 is 14.3 Å². The Labute approximate surface area is 180 Å². The van der Waals surface area contributed by atoms with E-state index in [0.717, 1.165) is 24.1 Å². The van der Waals surface area contributed by atoms with Crippen molar-refractivity contribution in [2.24, 2.45) is 0 Å². The normalized spacial score (nSPS) is 15.7. The van der Waals surface area contributed by atoms with Gasteiger partial charge in [-0.2, -0.15) is 0 Å². The Bertz CT molecular complexity index is 1180. The monoisotopic (exact) mass is 421 g/mol. The van der Waals surface area contributed by atoms with E-state index in [2.05, 4.69) is 15.3 Å². The number of aryl methyl sites for hydroxylation is 1. The summed E-state index contributed by atoms with van der Waals surface area (Å²) in [6.07, 6.45) is 1.83. The summed E-state index contributed by atoms with van der Waals surface area (Å²) in [5.41, 5.74) is 3.73. The molecule has 0 fully saturated rings. The first kappa shape index (κ1) is 21.1. The van der Waals surface area contributed by atoms with Crippen molar-refractivity contribution in [1.29, 1.82) is 0 Å². The van der Waals surface area contributed by atoms with Gasteiger partial charge in [-0.1, -0.05) is 0 Å². The molecule has 1 aliphatic rings. The maximum atomic E-state index is 12.5. The van der Waals surface area contributed by atoms with Crippen LogP contribution in [0.1, 0.15) is 60.5 Å². The molecule has 0 saturated carbocycles. The zero-order chi connectivity index (χ0) is 22.2. The number of methoxy groups -OCH3 is 1. The average molecular weight is 421 g/mol. The van der Waals surface area contributed by atoms with E-state index >= 15 is 0 Å². The maximum Gasteiger partial charge on any atom is 0.338 e. The molecule has 4 rings (SSSR count). The van der Waals surface area contributed by atoms with Crippen LogP contribution in [0, 0.1) is 0 Å². The number of aromatic nitrogens is 2. The number of rotatable bonds is 5. The topological polar surface area (TPSA) is 93.3 Å². The number of H-pyrrole nitrogens is 1. The van der Waals surface area contributed by atoms with Gasteiger partial charge in [-0.3, -0.25) is 4.79 Å². The third-order valence-electron chi connectivity index (χ3n) is 5.23. The highest BCUT2D eigenvalue weighted by molar-refractivity contribution is 5.90. The first-order chi connectivity index (χ1) is 14.7. The first-order valence-corrected chi connectivity index (χ1v) is 10.4. The van der Waals surface area contributed by atoms with E-state index in [1.807, 2.05) is 45.0 Å². The van der Waals surface area contributed by atoms with Crippen LogP contribution in [0.2, 0.25) is 0 Å². The molecular weight excluding hydrogens is 394 g/mol. The fourth-order valence-corrected chi connectivity index (χ4v) is 3.89. The number of ether oxygens (including phenoxy) is 2. The molecule has 0 bridgehead atoms. The van der Waals surface area contributed by atoms with E-state index in [4.69, 9.17) is 9.47 Å². The van der Waals surface area contributed by atoms with E-state index in [-0.39, 0.29) is 24.2 Å². The first-order valence-electron chi connectivity index (χ1n) is 10.4. The predicted octanol–water partition coefficient (Wildman–Crippen LogP) is 4.12. The largest absolute Gasteiger partial charge is 0.456 e. The lowest BCUT2D eigenvalue weighted by molar-refractivity contribution is 0.00695. The van der Waals surface area contributed by atoms with E-state index < -0.39 is 5.60 Å². The molecule has 2 N–H and O–H groups in total. The van der Waals surface area contributed by atoms with Crippen molar-refractivity contribution in [1.82, 2.24) is 9.97 Å². The lowest BCUT2D eigenvalue weighted by Gasteiger charge is -2.20. The fourth-order valence-electron chi connectivity index (χ4n) is 3.89. The molecule has 0 radical (unpaired) electrons. The van der Waals surface area contributed by atoms with Gasteiger partial charge in [0.25, 0.3) is 5.56 Å². The van der Waals surface area contributed by atoms with E-state index in [0.29, 0.717) is 22.3 Å². The molecular formula is C24H27N3O4. The van der Waals surface area contributed by atoms with Crippen LogP contribution in [0.5, 0.6) is 0 Å². The molecule has 1 aliphatic carbocycles. The second kappa shape index (κ2) is 8.15. The SMILES string of the molecule is COCc1nc2cc3c(cc2c(=O)[nH]1)C(Nc1ccc(C(=O)OC(C)(C)C)cc1)CC3. The van der Waals surface area contributed by atoms with Crippen molar-refractivity contribution in [2.45, 2.75) is 51.9 Å². The highest BCUT2D eigenvalue weighted by Crippen LogP contribution is 2.35. The van der Waals surface area contributed by atoms with Crippen LogP contribution in [0.3, 0.4) is 0 Å². The molecule has 1 aromatic heterocycles. The number of carbonyl (C=O) groups is 1. The van der Waals surface area contributed by atoms with Crippen LogP contribution < -0.4 is 10.9 Å². The van der Waals surface area contributed by atoms with Crippen LogP contribution in [-0.2, 0) is 22.5 Å². The van der Waals surface area contributed by atoms with Gasteiger partial charge in [-0.25, -0.2) is 9.78 Å². The number of nitrogens with zero attached hydrogens (tertiary/aromatic N) is 1. The number of nitrogens with one attached hydrogen (secondary N) is 2. The summed E-state index contributed by atoms with van der Waals surface area (Å²) in [5, 5.41) is 4.10. The number of aromatic amines is 1. The number of fused-ring (bicyclic) bond motifs is 2. The summed E-state index contributed by atoms with van der Waals surface area (Å²) in [4.78, 5) is 32.0. The number of benzene rings is 2. The number of esters is 1. The maximum absolute atomic E-state index is 12.5. The smallest absolute Gasteiger partial charge is 0.338 e. The molecule has 7 nitrogen and oxygen atoms in total. The third kappa shape index (κ3) is 4.61. The van der Waals surface area contributed by atoms with Crippen molar-refractivity contribution in [3.63, 3.8) is 0 Å². The van der Waals surface area contributed by atoms with E-state index in [1.165, 1.54) is 5.56 Å². The van der Waals surface area contributed by atoms with Crippen molar-refractivity contribution >= 4 is 22.6 Å². The summed E-state index contributed by atoms with van der Waals surface area (Å²) in [6.45, 7) is 5.81. The fraction of sp³-hybridized carbons (Fsp3) is 0.375. The lowest BCUT2D eigenvalue weighted by Crippen LogP contribution is -2.23. The van der Waals surface area contributed by atoms with Gasteiger partial charge in [0.05, 0.1) is 22.5 Å². The van der Waals surface area contributed by atoms with Gasteiger partial charge in [0.1, 0.15) is 18.0 Å². The molecule has 0 aliphatic heterocycles. The Morgan fingerprint density at radius 3 is 2.65 bits per heavy atom. The Kier molecular flexibility index (Phi) is 5.54. The molecule has 1 unspecified atom stereocenters. The van der Waals surface area contributed by atoms with Crippen LogP contribution in [-0.4, -0.2) is 28.6 Å². The molecule has 1 heterocycles. The summed E-state index contributed by atoms with van der Waals surface area (Å²) in [7, 11) is 1.57. The minimum absolute atomic E-state index is 0.0878. The Morgan fingerprint density at radius 2 is 1.97 bits per heavy atom. The van der Waals surface area contributed by atoms with Crippen LogP contribution in [0.4, 0.5) is 5.69 Å². The predicted molar refractivity (Wildman–Crippen MR) is 119 cm³/mol. The molecule has 162 valence electrons. The minimum atomic E-state index is -0.526. The second-order valence-corrected chi connectivity index (χ2v) is 8.83. The molecule has 1 atom stereocenters. The van der Waals surface area contributed by atoms with E-state index in [1.54, 1.807) is 19.2 Å². The molecule has 2 aromatic carbocycles. The number of hydrogen-bond donors (Lipinski definition) is 2. The third-order valence-corrected chi connectivity index (χ3v) is 5.23. The number of hydrogen-bond acceptors (Lipinski definition) is 6. The Hall–Kier alpha value is -3.19. The van der Waals surface area contributed by atoms with Gasteiger partial charge < -0.3 is 19.8 Å².